The van der Waals surface area contributed by atoms with Crippen LogP contribution in [0.4, 0.5) is 0 Å². The van der Waals surface area contributed by atoms with Crippen molar-refractivity contribution in [3.63, 3.8) is 0 Å². The van der Waals surface area contributed by atoms with E-state index in [9.17, 15) is 0 Å². The van der Waals surface area contributed by atoms with E-state index in [1.807, 2.05) is 30.7 Å². The van der Waals surface area contributed by atoms with Crippen LogP contribution in [-0.2, 0) is 7.05 Å². The molecule has 18 heavy (non-hydrogen) atoms. The van der Waals surface area contributed by atoms with Crippen LogP contribution in [-0.4, -0.2) is 14.8 Å². The summed E-state index contributed by atoms with van der Waals surface area (Å²) >= 11 is 5.09. The molecule has 1 N–H and O–H groups in total. The van der Waals surface area contributed by atoms with Gasteiger partial charge in [0.15, 0.2) is 16.7 Å². The van der Waals surface area contributed by atoms with Gasteiger partial charge in [-0.05, 0) is 56.2 Å². The van der Waals surface area contributed by atoms with Crippen molar-refractivity contribution in [2.24, 2.45) is 7.05 Å². The first-order chi connectivity index (χ1) is 8.49. The number of nitrogens with zero attached hydrogens (tertiary/aromatic N) is 2. The molecule has 0 radical (unpaired) electrons. The Morgan fingerprint density at radius 3 is 2.61 bits per heavy atom. The summed E-state index contributed by atoms with van der Waals surface area (Å²) in [4.78, 5) is 0. The molecule has 0 saturated carbocycles. The molecule has 4 nitrogen and oxygen atoms in total. The molecule has 0 saturated heterocycles. The summed E-state index contributed by atoms with van der Waals surface area (Å²) < 4.78 is 8.30. The van der Waals surface area contributed by atoms with Crippen molar-refractivity contribution in [1.29, 1.82) is 0 Å². The summed E-state index contributed by atoms with van der Waals surface area (Å²) in [5, 5.41) is 6.93. The number of aromatic nitrogens is 3. The van der Waals surface area contributed by atoms with E-state index in [4.69, 9.17) is 17.0 Å². The van der Waals surface area contributed by atoms with Crippen LogP contribution in [0.25, 0.3) is 0 Å². The van der Waals surface area contributed by atoms with E-state index in [0.29, 0.717) is 4.77 Å². The van der Waals surface area contributed by atoms with Gasteiger partial charge in [-0.2, -0.15) is 5.10 Å². The minimum atomic E-state index is -0.148. The number of rotatable bonds is 3. The van der Waals surface area contributed by atoms with Crippen LogP contribution >= 0.6 is 12.2 Å². The van der Waals surface area contributed by atoms with Gasteiger partial charge in [0, 0.05) is 7.05 Å². The first kappa shape index (κ1) is 12.8. The van der Waals surface area contributed by atoms with Gasteiger partial charge in [-0.25, -0.2) is 0 Å². The number of aromatic amines is 1. The van der Waals surface area contributed by atoms with E-state index < -0.39 is 0 Å². The average Bonchev–Trinajstić information content (AvgIpc) is 2.65. The van der Waals surface area contributed by atoms with Crippen molar-refractivity contribution in [2.45, 2.75) is 26.9 Å². The van der Waals surface area contributed by atoms with E-state index in [1.165, 1.54) is 11.1 Å². The third-order valence-corrected chi connectivity index (χ3v) is 3.43. The lowest BCUT2D eigenvalue weighted by Gasteiger charge is -2.14. The highest BCUT2D eigenvalue weighted by molar-refractivity contribution is 7.71. The van der Waals surface area contributed by atoms with Gasteiger partial charge in [-0.3, -0.25) is 5.10 Å². The Labute approximate surface area is 112 Å². The molecule has 0 aliphatic carbocycles. The van der Waals surface area contributed by atoms with Gasteiger partial charge < -0.3 is 9.30 Å². The van der Waals surface area contributed by atoms with E-state index in [-0.39, 0.29) is 6.10 Å². The first-order valence-electron chi connectivity index (χ1n) is 5.84. The van der Waals surface area contributed by atoms with Crippen LogP contribution in [0.1, 0.15) is 30.0 Å². The fourth-order valence-electron chi connectivity index (χ4n) is 1.77. The number of aryl methyl sites for hydroxylation is 2. The zero-order chi connectivity index (χ0) is 13.3. The zero-order valence-electron chi connectivity index (χ0n) is 11.0. The third kappa shape index (κ3) is 2.46. The molecule has 0 fully saturated rings. The molecular formula is C13H17N3OS. The molecule has 1 unspecified atom stereocenters. The fraction of sp³-hybridized carbons (Fsp3) is 0.385. The largest absolute Gasteiger partial charge is 0.483 e. The van der Waals surface area contributed by atoms with Crippen LogP contribution in [0.15, 0.2) is 18.2 Å². The fourth-order valence-corrected chi connectivity index (χ4v) is 1.91. The number of benzene rings is 1. The predicted molar refractivity (Wildman–Crippen MR) is 73.4 cm³/mol. The molecule has 0 aliphatic rings. The van der Waals surface area contributed by atoms with Crippen molar-refractivity contribution in [3.05, 3.63) is 39.9 Å². The second kappa shape index (κ2) is 4.94. The summed E-state index contributed by atoms with van der Waals surface area (Å²) in [6.45, 7) is 6.11. The van der Waals surface area contributed by atoms with Gasteiger partial charge in [0.2, 0.25) is 0 Å². The second-order valence-electron chi connectivity index (χ2n) is 4.45. The molecule has 96 valence electrons. The maximum absolute atomic E-state index is 5.88. The number of hydrogen-bond donors (Lipinski definition) is 1. The van der Waals surface area contributed by atoms with Crippen molar-refractivity contribution in [2.75, 3.05) is 0 Å². The van der Waals surface area contributed by atoms with Gasteiger partial charge in [-0.15, -0.1) is 0 Å². The molecule has 0 spiro atoms. The van der Waals surface area contributed by atoms with Crippen molar-refractivity contribution in [1.82, 2.24) is 14.8 Å². The summed E-state index contributed by atoms with van der Waals surface area (Å²) in [5.74, 6) is 1.64. The SMILES string of the molecule is Cc1ccc(OC(C)c2n[nH]c(=S)n2C)cc1C. The van der Waals surface area contributed by atoms with Crippen LogP contribution in [0.3, 0.4) is 0 Å². The van der Waals surface area contributed by atoms with Crippen molar-refractivity contribution in [3.8, 4) is 5.75 Å². The normalized spacial score (nSPS) is 12.4. The van der Waals surface area contributed by atoms with Crippen LogP contribution in [0.5, 0.6) is 5.75 Å². The highest BCUT2D eigenvalue weighted by atomic mass is 32.1. The summed E-state index contributed by atoms with van der Waals surface area (Å²) in [6.07, 6.45) is -0.148. The quantitative estimate of drug-likeness (QED) is 0.864. The molecule has 0 bridgehead atoms. The Balaban J connectivity index is 2.21. The molecule has 1 aromatic heterocycles. The number of hydrogen-bond acceptors (Lipinski definition) is 3. The molecule has 2 rings (SSSR count). The molecule has 5 heteroatoms. The molecule has 0 aliphatic heterocycles. The Morgan fingerprint density at radius 1 is 1.33 bits per heavy atom. The third-order valence-electron chi connectivity index (χ3n) is 3.07. The topological polar surface area (TPSA) is 42.8 Å². The maximum atomic E-state index is 5.88. The standard InChI is InChI=1S/C13H17N3OS/c1-8-5-6-11(7-9(8)2)17-10(3)12-14-15-13(18)16(12)4/h5-7,10H,1-4H3,(H,15,18). The number of ether oxygens (including phenoxy) is 1. The lowest BCUT2D eigenvalue weighted by Crippen LogP contribution is -2.09. The van der Waals surface area contributed by atoms with Gasteiger partial charge in [0.05, 0.1) is 0 Å². The van der Waals surface area contributed by atoms with Crippen LogP contribution in [0.2, 0.25) is 0 Å². The Hall–Kier alpha value is -1.62. The van der Waals surface area contributed by atoms with E-state index >= 15 is 0 Å². The highest BCUT2D eigenvalue weighted by Gasteiger charge is 2.13. The summed E-state index contributed by atoms with van der Waals surface area (Å²) in [7, 11) is 1.88. The summed E-state index contributed by atoms with van der Waals surface area (Å²) in [5.41, 5.74) is 2.48. The highest BCUT2D eigenvalue weighted by Crippen LogP contribution is 2.22. The Morgan fingerprint density at radius 2 is 2.06 bits per heavy atom. The smallest absolute Gasteiger partial charge is 0.195 e. The van der Waals surface area contributed by atoms with E-state index in [2.05, 4.69) is 30.1 Å². The zero-order valence-corrected chi connectivity index (χ0v) is 11.8. The lowest BCUT2D eigenvalue weighted by molar-refractivity contribution is 0.212. The monoisotopic (exact) mass is 263 g/mol. The molecule has 1 heterocycles. The molecule has 1 atom stereocenters. The Kier molecular flexibility index (Phi) is 3.52. The minimum Gasteiger partial charge on any atom is -0.483 e. The summed E-state index contributed by atoms with van der Waals surface area (Å²) in [6, 6.07) is 6.06. The van der Waals surface area contributed by atoms with Crippen molar-refractivity contribution >= 4 is 12.2 Å². The predicted octanol–water partition coefficient (Wildman–Crippen LogP) is 3.23. The first-order valence-corrected chi connectivity index (χ1v) is 6.25. The lowest BCUT2D eigenvalue weighted by atomic mass is 10.1. The molecule has 1 aromatic carbocycles. The number of H-pyrrole nitrogens is 1. The molecular weight excluding hydrogens is 246 g/mol. The van der Waals surface area contributed by atoms with E-state index in [1.54, 1.807) is 0 Å². The van der Waals surface area contributed by atoms with Crippen LogP contribution in [0, 0.1) is 18.6 Å². The number of nitrogens with one attached hydrogen (secondary N) is 1. The Bertz CT molecular complexity index is 615. The van der Waals surface area contributed by atoms with Crippen molar-refractivity contribution < 1.29 is 4.74 Å². The molecule has 0 amide bonds. The van der Waals surface area contributed by atoms with Gasteiger partial charge in [0.25, 0.3) is 0 Å². The van der Waals surface area contributed by atoms with Crippen LogP contribution < -0.4 is 4.74 Å². The van der Waals surface area contributed by atoms with Gasteiger partial charge >= 0.3 is 0 Å². The second-order valence-corrected chi connectivity index (χ2v) is 4.84. The van der Waals surface area contributed by atoms with E-state index in [0.717, 1.165) is 11.6 Å². The minimum absolute atomic E-state index is 0.148. The van der Waals surface area contributed by atoms with Gasteiger partial charge in [0.1, 0.15) is 5.75 Å². The van der Waals surface area contributed by atoms with Gasteiger partial charge in [-0.1, -0.05) is 6.07 Å². The molecule has 2 aromatic rings. The average molecular weight is 263 g/mol. The maximum Gasteiger partial charge on any atom is 0.195 e.